The van der Waals surface area contributed by atoms with Gasteiger partial charge in [-0.05, 0) is 12.8 Å². The highest BCUT2D eigenvalue weighted by Crippen LogP contribution is 2.33. The molecular weight excluding hydrogens is 204 g/mol. The van der Waals surface area contributed by atoms with Crippen LogP contribution in [0.25, 0.3) is 0 Å². The molecule has 1 aromatic heterocycles. The second-order valence-corrected chi connectivity index (χ2v) is 4.72. The highest BCUT2D eigenvalue weighted by Gasteiger charge is 2.35. The van der Waals surface area contributed by atoms with E-state index in [-0.39, 0.29) is 0 Å². The second kappa shape index (κ2) is 3.23. The van der Waals surface area contributed by atoms with Crippen molar-refractivity contribution >= 4 is 11.7 Å². The summed E-state index contributed by atoms with van der Waals surface area (Å²) in [6.45, 7) is 1.43. The van der Waals surface area contributed by atoms with Gasteiger partial charge in [0.2, 0.25) is 5.91 Å². The molecule has 2 N–H and O–H groups in total. The van der Waals surface area contributed by atoms with Crippen LogP contribution < -0.4 is 5.73 Å². The van der Waals surface area contributed by atoms with Crippen molar-refractivity contribution in [2.75, 3.05) is 12.3 Å². The molecule has 2 heterocycles. The molecule has 0 spiro atoms. The summed E-state index contributed by atoms with van der Waals surface area (Å²) in [5.74, 6) is 1.29. The van der Waals surface area contributed by atoms with Crippen molar-refractivity contribution < 1.29 is 4.79 Å². The van der Waals surface area contributed by atoms with Gasteiger partial charge in [-0.3, -0.25) is 9.48 Å². The number of hydrogen-bond donors (Lipinski definition) is 1. The van der Waals surface area contributed by atoms with E-state index in [2.05, 4.69) is 5.10 Å². The topological polar surface area (TPSA) is 64.2 Å². The van der Waals surface area contributed by atoms with Crippen molar-refractivity contribution in [1.82, 2.24) is 14.7 Å². The molecule has 1 aliphatic heterocycles. The molecule has 1 aliphatic carbocycles. The maximum absolute atomic E-state index is 11.9. The Morgan fingerprint density at radius 1 is 1.50 bits per heavy atom. The maximum Gasteiger partial charge on any atom is 0.225 e. The standard InChI is InChI=1S/C11H16N4O/c1-14-10(12)8-6-15(5-4-9(8)13-14)11(16)7-2-3-7/h7H,2-6,12H2,1H3. The van der Waals surface area contributed by atoms with Crippen molar-refractivity contribution in [2.45, 2.75) is 25.8 Å². The summed E-state index contributed by atoms with van der Waals surface area (Å²) in [5, 5.41) is 4.36. The number of carbonyl (C=O) groups excluding carboxylic acids is 1. The number of anilines is 1. The molecular formula is C11H16N4O. The molecule has 16 heavy (non-hydrogen) atoms. The lowest BCUT2D eigenvalue weighted by atomic mass is 10.1. The smallest absolute Gasteiger partial charge is 0.225 e. The van der Waals surface area contributed by atoms with Crippen molar-refractivity contribution in [3.05, 3.63) is 11.3 Å². The minimum absolute atomic E-state index is 0.291. The average Bonchev–Trinajstić information content (AvgIpc) is 3.07. The van der Waals surface area contributed by atoms with E-state index in [0.29, 0.717) is 24.2 Å². The molecule has 1 amide bonds. The summed E-state index contributed by atoms with van der Waals surface area (Å²) in [6, 6.07) is 0. The van der Waals surface area contributed by atoms with Crippen LogP contribution in [-0.4, -0.2) is 27.1 Å². The zero-order valence-electron chi connectivity index (χ0n) is 9.44. The largest absolute Gasteiger partial charge is 0.384 e. The average molecular weight is 220 g/mol. The number of aromatic nitrogens is 2. The van der Waals surface area contributed by atoms with Crippen molar-refractivity contribution in [3.63, 3.8) is 0 Å². The van der Waals surface area contributed by atoms with Gasteiger partial charge in [-0.1, -0.05) is 0 Å². The number of nitrogens with zero attached hydrogens (tertiary/aromatic N) is 3. The third kappa shape index (κ3) is 1.38. The first kappa shape index (κ1) is 9.69. The van der Waals surface area contributed by atoms with E-state index in [0.717, 1.165) is 37.1 Å². The first-order valence-corrected chi connectivity index (χ1v) is 5.76. The number of nitrogen functional groups attached to an aromatic ring is 1. The molecule has 0 aromatic carbocycles. The Morgan fingerprint density at radius 3 is 2.94 bits per heavy atom. The molecule has 5 heteroatoms. The molecule has 0 unspecified atom stereocenters. The maximum atomic E-state index is 11.9. The molecule has 86 valence electrons. The van der Waals surface area contributed by atoms with Gasteiger partial charge in [-0.2, -0.15) is 5.10 Å². The van der Waals surface area contributed by atoms with Crippen molar-refractivity contribution in [1.29, 1.82) is 0 Å². The molecule has 2 aliphatic rings. The normalized spacial score (nSPS) is 19.7. The Kier molecular flexibility index (Phi) is 1.96. The van der Waals surface area contributed by atoms with Crippen LogP contribution in [0.5, 0.6) is 0 Å². The van der Waals surface area contributed by atoms with Crippen LogP contribution in [0.3, 0.4) is 0 Å². The molecule has 1 saturated carbocycles. The Morgan fingerprint density at radius 2 is 2.25 bits per heavy atom. The zero-order chi connectivity index (χ0) is 11.3. The monoisotopic (exact) mass is 220 g/mol. The summed E-state index contributed by atoms with van der Waals surface area (Å²) < 4.78 is 1.70. The van der Waals surface area contributed by atoms with Gasteiger partial charge in [-0.15, -0.1) is 0 Å². The summed E-state index contributed by atoms with van der Waals surface area (Å²) in [4.78, 5) is 13.9. The first-order valence-electron chi connectivity index (χ1n) is 5.76. The predicted octanol–water partition coefficient (Wildman–Crippen LogP) is 0.297. The van der Waals surface area contributed by atoms with Gasteiger partial charge in [-0.25, -0.2) is 0 Å². The number of amides is 1. The number of fused-ring (bicyclic) bond motifs is 1. The lowest BCUT2D eigenvalue weighted by Crippen LogP contribution is -2.36. The molecule has 0 saturated heterocycles. The summed E-state index contributed by atoms with van der Waals surface area (Å²) in [7, 11) is 1.85. The molecule has 1 aromatic rings. The fraction of sp³-hybridized carbons (Fsp3) is 0.636. The Bertz CT molecular complexity index is 447. The summed E-state index contributed by atoms with van der Waals surface area (Å²) in [6.07, 6.45) is 2.95. The molecule has 0 bridgehead atoms. The van der Waals surface area contributed by atoms with Gasteiger partial charge in [0.05, 0.1) is 12.2 Å². The van der Waals surface area contributed by atoms with E-state index in [4.69, 9.17) is 5.73 Å². The fourth-order valence-electron chi connectivity index (χ4n) is 2.30. The van der Waals surface area contributed by atoms with Crippen LogP contribution in [0.4, 0.5) is 5.82 Å². The van der Waals surface area contributed by atoms with Crippen LogP contribution in [0.1, 0.15) is 24.1 Å². The zero-order valence-corrected chi connectivity index (χ0v) is 9.44. The third-order valence-electron chi connectivity index (χ3n) is 3.48. The molecule has 0 radical (unpaired) electrons. The summed E-state index contributed by atoms with van der Waals surface area (Å²) in [5.41, 5.74) is 8.04. The van der Waals surface area contributed by atoms with E-state index in [1.54, 1.807) is 4.68 Å². The number of aryl methyl sites for hydroxylation is 1. The van der Waals surface area contributed by atoms with Crippen LogP contribution in [-0.2, 0) is 24.8 Å². The predicted molar refractivity (Wildman–Crippen MR) is 59.5 cm³/mol. The lowest BCUT2D eigenvalue weighted by Gasteiger charge is -2.26. The number of hydrogen-bond acceptors (Lipinski definition) is 3. The minimum Gasteiger partial charge on any atom is -0.384 e. The van der Waals surface area contributed by atoms with Gasteiger partial charge in [0.1, 0.15) is 5.82 Å². The van der Waals surface area contributed by atoms with Gasteiger partial charge in [0.25, 0.3) is 0 Å². The lowest BCUT2D eigenvalue weighted by molar-refractivity contribution is -0.133. The van der Waals surface area contributed by atoms with Crippen LogP contribution >= 0.6 is 0 Å². The van der Waals surface area contributed by atoms with E-state index in [1.165, 1.54) is 0 Å². The van der Waals surface area contributed by atoms with Crippen LogP contribution in [0.2, 0.25) is 0 Å². The molecule has 0 atom stereocenters. The Balaban J connectivity index is 1.84. The number of carbonyl (C=O) groups is 1. The second-order valence-electron chi connectivity index (χ2n) is 4.72. The number of rotatable bonds is 1. The van der Waals surface area contributed by atoms with E-state index >= 15 is 0 Å². The fourth-order valence-corrected chi connectivity index (χ4v) is 2.30. The summed E-state index contributed by atoms with van der Waals surface area (Å²) >= 11 is 0. The third-order valence-corrected chi connectivity index (χ3v) is 3.48. The molecule has 1 fully saturated rings. The van der Waals surface area contributed by atoms with Gasteiger partial charge < -0.3 is 10.6 Å². The van der Waals surface area contributed by atoms with Gasteiger partial charge >= 0.3 is 0 Å². The van der Waals surface area contributed by atoms with Gasteiger partial charge in [0, 0.05) is 31.5 Å². The minimum atomic E-state index is 0.291. The van der Waals surface area contributed by atoms with E-state index in [1.807, 2.05) is 11.9 Å². The highest BCUT2D eigenvalue weighted by atomic mass is 16.2. The highest BCUT2D eigenvalue weighted by molar-refractivity contribution is 5.81. The van der Waals surface area contributed by atoms with Gasteiger partial charge in [0.15, 0.2) is 0 Å². The Hall–Kier alpha value is -1.52. The van der Waals surface area contributed by atoms with Crippen molar-refractivity contribution in [2.24, 2.45) is 13.0 Å². The van der Waals surface area contributed by atoms with E-state index in [9.17, 15) is 4.79 Å². The van der Waals surface area contributed by atoms with Crippen molar-refractivity contribution in [3.8, 4) is 0 Å². The SMILES string of the molecule is Cn1nc2c(c1N)CN(C(=O)C1CC1)CC2. The first-order chi connectivity index (χ1) is 7.66. The number of nitrogens with two attached hydrogens (primary N) is 1. The Labute approximate surface area is 94.2 Å². The van der Waals surface area contributed by atoms with Crippen LogP contribution in [0, 0.1) is 5.92 Å². The van der Waals surface area contributed by atoms with Crippen LogP contribution in [0.15, 0.2) is 0 Å². The molecule has 5 nitrogen and oxygen atoms in total. The van der Waals surface area contributed by atoms with E-state index < -0.39 is 0 Å². The quantitative estimate of drug-likeness (QED) is 0.740. The molecule has 3 rings (SSSR count).